The van der Waals surface area contributed by atoms with E-state index in [0.717, 1.165) is 19.3 Å². The first kappa shape index (κ1) is 8.04. The molecule has 17 heavy (non-hydrogen) atoms. The van der Waals surface area contributed by atoms with Crippen molar-refractivity contribution < 1.29 is 10.3 Å². The van der Waals surface area contributed by atoms with E-state index in [1.54, 1.807) is 17.0 Å². The van der Waals surface area contributed by atoms with Gasteiger partial charge >= 0.3 is 0 Å². The summed E-state index contributed by atoms with van der Waals surface area (Å²) in [5, 5.41) is 0. The van der Waals surface area contributed by atoms with E-state index < -0.39 is 18.2 Å². The monoisotopic (exact) mass is 235 g/mol. The normalized spacial score (nSPS) is 25.0. The SMILES string of the molecule is [2H]c1ccccc1C(=O)C([2H])(C)C([2H])([2H])N1CCCCC1. The average molecular weight is 235 g/mol. The van der Waals surface area contributed by atoms with Crippen molar-refractivity contribution in [1.82, 2.24) is 4.90 Å². The zero-order chi connectivity index (χ0) is 15.7. The Morgan fingerprint density at radius 2 is 2.24 bits per heavy atom. The van der Waals surface area contributed by atoms with Gasteiger partial charge in [0.1, 0.15) is 0 Å². The molecule has 2 nitrogen and oxygen atoms in total. The fraction of sp³-hybridized carbons (Fsp3) is 0.533. The van der Waals surface area contributed by atoms with Crippen molar-refractivity contribution in [3.8, 4) is 0 Å². The van der Waals surface area contributed by atoms with Gasteiger partial charge in [-0.1, -0.05) is 43.7 Å². The van der Waals surface area contributed by atoms with E-state index >= 15 is 0 Å². The number of Topliss-reactive ketones (excluding diaryl/α,β-unsaturated/α-hetero) is 1. The molecule has 2 rings (SSSR count). The van der Waals surface area contributed by atoms with Crippen LogP contribution in [0.25, 0.3) is 0 Å². The Balaban J connectivity index is 2.31. The molecule has 0 aliphatic carbocycles. The number of nitrogens with zero attached hydrogens (tertiary/aromatic N) is 1. The van der Waals surface area contributed by atoms with E-state index in [0.29, 0.717) is 13.1 Å². The predicted octanol–water partition coefficient (Wildman–Crippen LogP) is 2.99. The molecule has 92 valence electrons. The van der Waals surface area contributed by atoms with Gasteiger partial charge in [-0.15, -0.1) is 0 Å². The zero-order valence-corrected chi connectivity index (χ0v) is 10.2. The zero-order valence-electron chi connectivity index (χ0n) is 14.2. The molecular formula is C15H21NO. The minimum Gasteiger partial charge on any atom is -0.303 e. The fourth-order valence-electron chi connectivity index (χ4n) is 2.03. The number of ketones is 1. The van der Waals surface area contributed by atoms with E-state index in [-0.39, 0.29) is 11.6 Å². The largest absolute Gasteiger partial charge is 0.303 e. The molecule has 0 radical (unpaired) electrons. The molecule has 0 amide bonds. The summed E-state index contributed by atoms with van der Waals surface area (Å²) in [7, 11) is 0. The lowest BCUT2D eigenvalue weighted by Gasteiger charge is -2.28. The topological polar surface area (TPSA) is 20.3 Å². The van der Waals surface area contributed by atoms with Gasteiger partial charge in [0.05, 0.1) is 1.37 Å². The van der Waals surface area contributed by atoms with Crippen LogP contribution >= 0.6 is 0 Å². The maximum absolute atomic E-state index is 12.6. The molecule has 2 heteroatoms. The van der Waals surface area contributed by atoms with Gasteiger partial charge in [-0.3, -0.25) is 4.79 Å². The Morgan fingerprint density at radius 1 is 1.47 bits per heavy atom. The van der Waals surface area contributed by atoms with Crippen LogP contribution in [-0.4, -0.2) is 30.3 Å². The first-order valence-electron chi connectivity index (χ1n) is 8.14. The molecule has 1 aliphatic rings. The Kier molecular flexibility index (Phi) is 2.82. The lowest BCUT2D eigenvalue weighted by atomic mass is 9.98. The lowest BCUT2D eigenvalue weighted by molar-refractivity contribution is 0.0883. The van der Waals surface area contributed by atoms with Crippen LogP contribution in [0.2, 0.25) is 0 Å². The highest BCUT2D eigenvalue weighted by atomic mass is 16.1. The third kappa shape index (κ3) is 3.40. The summed E-state index contributed by atoms with van der Waals surface area (Å²) in [6, 6.07) is 6.30. The van der Waals surface area contributed by atoms with Crippen LogP contribution in [0.4, 0.5) is 0 Å². The van der Waals surface area contributed by atoms with Gasteiger partial charge in [-0.25, -0.2) is 0 Å². The molecule has 1 saturated heterocycles. The molecular weight excluding hydrogens is 210 g/mol. The van der Waals surface area contributed by atoms with Crippen LogP contribution in [0.15, 0.2) is 30.3 Å². The second-order valence-electron chi connectivity index (χ2n) is 4.39. The quantitative estimate of drug-likeness (QED) is 0.748. The number of hydrogen-bond donors (Lipinski definition) is 0. The Hall–Kier alpha value is -1.15. The fourth-order valence-corrected chi connectivity index (χ4v) is 2.03. The van der Waals surface area contributed by atoms with E-state index in [4.69, 9.17) is 5.48 Å². The van der Waals surface area contributed by atoms with Crippen molar-refractivity contribution in [2.75, 3.05) is 19.6 Å². The van der Waals surface area contributed by atoms with Crippen LogP contribution in [0.3, 0.4) is 0 Å². The molecule has 1 unspecified atom stereocenters. The first-order valence-corrected chi connectivity index (χ1v) is 6.14. The highest BCUT2D eigenvalue weighted by molar-refractivity contribution is 5.97. The number of benzene rings is 1. The van der Waals surface area contributed by atoms with Crippen molar-refractivity contribution in [3.63, 3.8) is 0 Å². The molecule has 1 aliphatic heterocycles. The minimum atomic E-state index is -2.05. The lowest BCUT2D eigenvalue weighted by Crippen LogP contribution is -2.35. The number of rotatable bonds is 4. The number of piperidine rings is 1. The highest BCUT2D eigenvalue weighted by Crippen LogP contribution is 2.14. The Bertz CT molecular complexity index is 524. The standard InChI is InChI=1S/C15H21NO/c1-13(12-16-10-6-3-7-11-16)15(17)14-8-4-2-5-9-14/h2,4-5,8-9,13H,3,6-7,10-12H2,1H3/i8D,12D2,13D. The molecule has 0 saturated carbocycles. The third-order valence-electron chi connectivity index (χ3n) is 2.98. The highest BCUT2D eigenvalue weighted by Gasteiger charge is 2.19. The molecule has 0 spiro atoms. The maximum Gasteiger partial charge on any atom is 0.166 e. The van der Waals surface area contributed by atoms with Crippen LogP contribution in [-0.2, 0) is 0 Å². The van der Waals surface area contributed by atoms with Gasteiger partial charge in [0.2, 0.25) is 0 Å². The van der Waals surface area contributed by atoms with E-state index in [1.807, 2.05) is 0 Å². The molecule has 0 N–H and O–H groups in total. The van der Waals surface area contributed by atoms with Crippen molar-refractivity contribution in [2.24, 2.45) is 5.89 Å². The number of carbonyl (C=O) groups is 1. The van der Waals surface area contributed by atoms with Crippen LogP contribution < -0.4 is 0 Å². The van der Waals surface area contributed by atoms with Crippen LogP contribution in [0.5, 0.6) is 0 Å². The Morgan fingerprint density at radius 3 is 2.94 bits per heavy atom. The molecule has 1 aromatic rings. The van der Waals surface area contributed by atoms with Crippen LogP contribution in [0, 0.1) is 5.89 Å². The van der Waals surface area contributed by atoms with E-state index in [9.17, 15) is 4.79 Å². The van der Waals surface area contributed by atoms with Crippen molar-refractivity contribution in [1.29, 1.82) is 0 Å². The second kappa shape index (κ2) is 5.97. The summed E-state index contributed by atoms with van der Waals surface area (Å²) < 4.78 is 32.7. The van der Waals surface area contributed by atoms with Crippen molar-refractivity contribution >= 4 is 5.78 Å². The summed E-state index contributed by atoms with van der Waals surface area (Å²) in [5.41, 5.74) is 0.107. The van der Waals surface area contributed by atoms with Gasteiger partial charge in [0.15, 0.2) is 5.78 Å². The number of hydrogen-bond acceptors (Lipinski definition) is 2. The van der Waals surface area contributed by atoms with Gasteiger partial charge in [-0.2, -0.15) is 0 Å². The first-order chi connectivity index (χ1) is 9.78. The van der Waals surface area contributed by atoms with Crippen LogP contribution in [0.1, 0.15) is 42.0 Å². The summed E-state index contributed by atoms with van der Waals surface area (Å²) >= 11 is 0. The maximum atomic E-state index is 12.6. The number of carbonyl (C=O) groups excluding carboxylic acids is 1. The molecule has 1 heterocycles. The second-order valence-corrected chi connectivity index (χ2v) is 4.39. The molecule has 0 bridgehead atoms. The smallest absolute Gasteiger partial charge is 0.166 e. The molecule has 1 aromatic carbocycles. The summed E-state index contributed by atoms with van der Waals surface area (Å²) in [4.78, 5) is 14.2. The van der Waals surface area contributed by atoms with Gasteiger partial charge in [0.25, 0.3) is 0 Å². The minimum absolute atomic E-state index is 0.0374. The van der Waals surface area contributed by atoms with Crippen molar-refractivity contribution in [2.45, 2.75) is 26.2 Å². The van der Waals surface area contributed by atoms with Gasteiger partial charge in [-0.05, 0) is 25.9 Å². The summed E-state index contributed by atoms with van der Waals surface area (Å²) in [5.74, 6) is -2.58. The summed E-state index contributed by atoms with van der Waals surface area (Å²) in [6.45, 7) is 0.401. The molecule has 1 fully saturated rings. The van der Waals surface area contributed by atoms with E-state index in [2.05, 4.69) is 0 Å². The average Bonchev–Trinajstić information content (AvgIpc) is 2.47. The van der Waals surface area contributed by atoms with Crippen molar-refractivity contribution in [3.05, 3.63) is 35.9 Å². The molecule has 1 atom stereocenters. The van der Waals surface area contributed by atoms with E-state index in [1.165, 1.54) is 19.1 Å². The molecule has 0 aromatic heterocycles. The third-order valence-corrected chi connectivity index (χ3v) is 2.98. The number of likely N-dealkylation sites (tertiary alicyclic amines) is 1. The predicted molar refractivity (Wildman–Crippen MR) is 70.2 cm³/mol. The summed E-state index contributed by atoms with van der Waals surface area (Å²) in [6.07, 6.45) is 2.84. The van der Waals surface area contributed by atoms with Gasteiger partial charge in [0, 0.05) is 22.1 Å². The van der Waals surface area contributed by atoms with Gasteiger partial charge < -0.3 is 4.90 Å². The Labute approximate surface area is 109 Å².